The van der Waals surface area contributed by atoms with Crippen LogP contribution in [0.2, 0.25) is 0 Å². The summed E-state index contributed by atoms with van der Waals surface area (Å²) in [5, 5.41) is 12.9. The minimum atomic E-state index is 0. The molecule has 1 aromatic rings. The van der Waals surface area contributed by atoms with E-state index in [1.165, 1.54) is 6.42 Å². The zero-order valence-electron chi connectivity index (χ0n) is 7.43. The van der Waals surface area contributed by atoms with Crippen LogP contribution >= 0.6 is 24.2 Å². The Morgan fingerprint density at radius 2 is 2.54 bits per heavy atom. The molecular weight excluding hydrogens is 208 g/mol. The highest BCUT2D eigenvalue weighted by molar-refractivity contribution is 7.99. The van der Waals surface area contributed by atoms with Gasteiger partial charge in [0.15, 0.2) is 5.16 Å². The molecular formula is C7H13ClN4S. The SMILES string of the molecule is Cl.Cn1cnnc1SC1CCNC1. The summed E-state index contributed by atoms with van der Waals surface area (Å²) in [6.45, 7) is 2.23. The van der Waals surface area contributed by atoms with Gasteiger partial charge in [0.2, 0.25) is 0 Å². The Labute approximate surface area is 87.9 Å². The van der Waals surface area contributed by atoms with E-state index in [1.807, 2.05) is 23.4 Å². The van der Waals surface area contributed by atoms with Gasteiger partial charge in [0.25, 0.3) is 0 Å². The van der Waals surface area contributed by atoms with Gasteiger partial charge in [-0.1, -0.05) is 11.8 Å². The first-order valence-corrected chi connectivity index (χ1v) is 4.95. The molecule has 0 amide bonds. The quantitative estimate of drug-likeness (QED) is 0.797. The molecule has 2 heterocycles. The summed E-state index contributed by atoms with van der Waals surface area (Å²) in [5.41, 5.74) is 0. The highest BCUT2D eigenvalue weighted by atomic mass is 35.5. The maximum Gasteiger partial charge on any atom is 0.191 e. The number of hydrogen-bond donors (Lipinski definition) is 1. The Balaban J connectivity index is 0.000000845. The second-order valence-corrected chi connectivity index (χ2v) is 4.22. The molecule has 0 radical (unpaired) electrons. The number of halogens is 1. The monoisotopic (exact) mass is 220 g/mol. The van der Waals surface area contributed by atoms with E-state index in [1.54, 1.807) is 6.33 Å². The molecule has 0 aromatic carbocycles. The molecule has 13 heavy (non-hydrogen) atoms. The molecule has 4 nitrogen and oxygen atoms in total. The number of hydrogen-bond acceptors (Lipinski definition) is 4. The molecule has 1 saturated heterocycles. The number of rotatable bonds is 2. The summed E-state index contributed by atoms with van der Waals surface area (Å²) in [4.78, 5) is 0. The summed E-state index contributed by atoms with van der Waals surface area (Å²) < 4.78 is 1.96. The average Bonchev–Trinajstić information content (AvgIpc) is 2.65. The van der Waals surface area contributed by atoms with Crippen LogP contribution in [0.5, 0.6) is 0 Å². The standard InChI is InChI=1S/C7H12N4S.ClH/c1-11-5-9-10-7(11)12-6-2-3-8-4-6;/h5-6,8H,2-4H2,1H3;1H. The van der Waals surface area contributed by atoms with Crippen molar-refractivity contribution in [2.24, 2.45) is 7.05 Å². The van der Waals surface area contributed by atoms with Crippen LogP contribution in [0, 0.1) is 0 Å². The lowest BCUT2D eigenvalue weighted by molar-refractivity contribution is 0.781. The molecule has 1 unspecified atom stereocenters. The summed E-state index contributed by atoms with van der Waals surface area (Å²) in [7, 11) is 1.98. The van der Waals surface area contributed by atoms with Crippen molar-refractivity contribution < 1.29 is 0 Å². The number of nitrogens with one attached hydrogen (secondary N) is 1. The third-order valence-electron chi connectivity index (χ3n) is 1.96. The lowest BCUT2D eigenvalue weighted by Crippen LogP contribution is -2.10. The largest absolute Gasteiger partial charge is 0.316 e. The first-order valence-electron chi connectivity index (χ1n) is 4.07. The van der Waals surface area contributed by atoms with Gasteiger partial charge in [-0.2, -0.15) is 0 Å². The van der Waals surface area contributed by atoms with Gasteiger partial charge in [-0.15, -0.1) is 22.6 Å². The minimum Gasteiger partial charge on any atom is -0.316 e. The van der Waals surface area contributed by atoms with Gasteiger partial charge in [-0.05, 0) is 13.0 Å². The van der Waals surface area contributed by atoms with E-state index in [-0.39, 0.29) is 12.4 Å². The van der Waals surface area contributed by atoms with Gasteiger partial charge in [0.1, 0.15) is 6.33 Å². The zero-order chi connectivity index (χ0) is 8.39. The van der Waals surface area contributed by atoms with Crippen molar-refractivity contribution in [3.05, 3.63) is 6.33 Å². The van der Waals surface area contributed by atoms with Crippen molar-refractivity contribution in [3.8, 4) is 0 Å². The molecule has 0 spiro atoms. The van der Waals surface area contributed by atoms with Crippen molar-refractivity contribution in [1.82, 2.24) is 20.1 Å². The minimum absolute atomic E-state index is 0. The highest BCUT2D eigenvalue weighted by Gasteiger charge is 2.17. The van der Waals surface area contributed by atoms with Gasteiger partial charge in [0, 0.05) is 18.8 Å². The van der Waals surface area contributed by atoms with Crippen LogP contribution in [0.15, 0.2) is 11.5 Å². The molecule has 1 atom stereocenters. The van der Waals surface area contributed by atoms with E-state index in [4.69, 9.17) is 0 Å². The second kappa shape index (κ2) is 4.83. The lowest BCUT2D eigenvalue weighted by Gasteiger charge is -2.05. The molecule has 1 N–H and O–H groups in total. The Hall–Kier alpha value is -0.260. The smallest absolute Gasteiger partial charge is 0.191 e. The molecule has 1 aliphatic heterocycles. The van der Waals surface area contributed by atoms with Crippen LogP contribution in [0.1, 0.15) is 6.42 Å². The topological polar surface area (TPSA) is 42.7 Å². The fraction of sp³-hybridized carbons (Fsp3) is 0.714. The van der Waals surface area contributed by atoms with E-state index in [2.05, 4.69) is 15.5 Å². The second-order valence-electron chi connectivity index (χ2n) is 2.96. The predicted octanol–water partition coefficient (Wildman–Crippen LogP) is 0.691. The fourth-order valence-corrected chi connectivity index (χ4v) is 2.30. The van der Waals surface area contributed by atoms with Crippen LogP contribution < -0.4 is 5.32 Å². The van der Waals surface area contributed by atoms with Crippen LogP contribution in [0.25, 0.3) is 0 Å². The van der Waals surface area contributed by atoms with E-state index < -0.39 is 0 Å². The first-order chi connectivity index (χ1) is 5.86. The van der Waals surface area contributed by atoms with Gasteiger partial charge in [-0.3, -0.25) is 0 Å². The van der Waals surface area contributed by atoms with Gasteiger partial charge in [-0.25, -0.2) is 0 Å². The number of thioether (sulfide) groups is 1. The maximum atomic E-state index is 4.03. The normalized spacial score (nSPS) is 21.5. The van der Waals surface area contributed by atoms with Crippen LogP contribution in [-0.2, 0) is 7.05 Å². The van der Waals surface area contributed by atoms with Crippen LogP contribution in [0.3, 0.4) is 0 Å². The molecule has 1 aliphatic rings. The van der Waals surface area contributed by atoms with Crippen molar-refractivity contribution >= 4 is 24.2 Å². The first kappa shape index (κ1) is 10.8. The molecule has 0 bridgehead atoms. The van der Waals surface area contributed by atoms with Gasteiger partial charge in [0.05, 0.1) is 0 Å². The summed E-state index contributed by atoms with van der Waals surface area (Å²) in [5.74, 6) is 0. The zero-order valence-corrected chi connectivity index (χ0v) is 9.07. The van der Waals surface area contributed by atoms with Gasteiger partial charge >= 0.3 is 0 Å². The Morgan fingerprint density at radius 3 is 3.08 bits per heavy atom. The Morgan fingerprint density at radius 1 is 1.69 bits per heavy atom. The average molecular weight is 221 g/mol. The molecule has 6 heteroatoms. The molecule has 0 saturated carbocycles. The third kappa shape index (κ3) is 2.59. The van der Waals surface area contributed by atoms with Crippen molar-refractivity contribution in [2.45, 2.75) is 16.8 Å². The van der Waals surface area contributed by atoms with E-state index in [0.717, 1.165) is 18.2 Å². The molecule has 0 aliphatic carbocycles. The van der Waals surface area contributed by atoms with E-state index in [0.29, 0.717) is 5.25 Å². The van der Waals surface area contributed by atoms with Crippen molar-refractivity contribution in [3.63, 3.8) is 0 Å². The predicted molar refractivity (Wildman–Crippen MR) is 55.4 cm³/mol. The van der Waals surface area contributed by atoms with E-state index in [9.17, 15) is 0 Å². The Kier molecular flexibility index (Phi) is 4.02. The van der Waals surface area contributed by atoms with E-state index >= 15 is 0 Å². The van der Waals surface area contributed by atoms with Crippen LogP contribution in [0.4, 0.5) is 0 Å². The molecule has 1 aromatic heterocycles. The summed E-state index contributed by atoms with van der Waals surface area (Å²) >= 11 is 1.81. The third-order valence-corrected chi connectivity index (χ3v) is 3.27. The number of aryl methyl sites for hydroxylation is 1. The Bertz CT molecular complexity index is 259. The summed E-state index contributed by atoms with van der Waals surface area (Å²) in [6, 6.07) is 0. The summed E-state index contributed by atoms with van der Waals surface area (Å²) in [6.07, 6.45) is 2.97. The molecule has 2 rings (SSSR count). The van der Waals surface area contributed by atoms with Crippen molar-refractivity contribution in [2.75, 3.05) is 13.1 Å². The van der Waals surface area contributed by atoms with Gasteiger partial charge < -0.3 is 9.88 Å². The van der Waals surface area contributed by atoms with Crippen molar-refractivity contribution in [1.29, 1.82) is 0 Å². The number of nitrogens with zero attached hydrogens (tertiary/aromatic N) is 3. The lowest BCUT2D eigenvalue weighted by atomic mass is 10.4. The molecule has 1 fully saturated rings. The number of aromatic nitrogens is 3. The van der Waals surface area contributed by atoms with Crippen LogP contribution in [-0.4, -0.2) is 33.1 Å². The highest BCUT2D eigenvalue weighted by Crippen LogP contribution is 2.23. The molecule has 74 valence electrons. The maximum absolute atomic E-state index is 4.03. The fourth-order valence-electron chi connectivity index (χ4n) is 1.26.